The van der Waals surface area contributed by atoms with Crippen LogP contribution in [0.2, 0.25) is 0 Å². The Morgan fingerprint density at radius 3 is 2.68 bits per heavy atom. The summed E-state index contributed by atoms with van der Waals surface area (Å²) in [5, 5.41) is 2.83. The molecule has 1 aromatic carbocycles. The zero-order valence-corrected chi connectivity index (χ0v) is 11.3. The van der Waals surface area contributed by atoms with Gasteiger partial charge in [0.2, 0.25) is 0 Å². The summed E-state index contributed by atoms with van der Waals surface area (Å²) in [6, 6.07) is 9.24. The normalized spacial score (nSPS) is 10.3. The Labute approximate surface area is 112 Å². The molecule has 4 heteroatoms. The van der Waals surface area contributed by atoms with Crippen molar-refractivity contribution in [2.45, 2.75) is 20.4 Å². The van der Waals surface area contributed by atoms with Crippen LogP contribution in [0, 0.1) is 13.8 Å². The molecule has 1 N–H and O–H groups in total. The Morgan fingerprint density at radius 2 is 2.05 bits per heavy atom. The second kappa shape index (κ2) is 5.61. The largest absolute Gasteiger partial charge is 0.496 e. The van der Waals surface area contributed by atoms with E-state index in [-0.39, 0.29) is 5.91 Å². The van der Waals surface area contributed by atoms with Crippen molar-refractivity contribution >= 4 is 5.91 Å². The van der Waals surface area contributed by atoms with Crippen molar-refractivity contribution in [3.8, 4) is 5.75 Å². The van der Waals surface area contributed by atoms with Crippen molar-refractivity contribution in [1.82, 2.24) is 5.32 Å². The van der Waals surface area contributed by atoms with Gasteiger partial charge in [0.25, 0.3) is 5.91 Å². The highest BCUT2D eigenvalue weighted by molar-refractivity contribution is 5.98. The Kier molecular flexibility index (Phi) is 3.90. The Morgan fingerprint density at radius 1 is 1.26 bits per heavy atom. The van der Waals surface area contributed by atoms with Crippen molar-refractivity contribution in [3.63, 3.8) is 0 Å². The lowest BCUT2D eigenvalue weighted by atomic mass is 10.1. The first-order chi connectivity index (χ1) is 9.11. The zero-order chi connectivity index (χ0) is 13.8. The standard InChI is InChI=1S/C15H17NO3/c1-10-5-4-6-13(18-3)14(10)15(17)16-9-12-8-7-11(2)19-12/h4-8H,9H2,1-3H3,(H,16,17). The molecule has 0 radical (unpaired) electrons. The van der Waals surface area contributed by atoms with E-state index < -0.39 is 0 Å². The summed E-state index contributed by atoms with van der Waals surface area (Å²) >= 11 is 0. The SMILES string of the molecule is COc1cccc(C)c1C(=O)NCc1ccc(C)o1. The summed E-state index contributed by atoms with van der Waals surface area (Å²) in [5.74, 6) is 1.98. The van der Waals surface area contributed by atoms with Crippen molar-refractivity contribution in [2.75, 3.05) is 7.11 Å². The molecule has 0 bridgehead atoms. The number of carbonyl (C=O) groups is 1. The molecule has 0 unspecified atom stereocenters. The van der Waals surface area contributed by atoms with Crippen molar-refractivity contribution in [1.29, 1.82) is 0 Å². The molecule has 1 amide bonds. The second-order valence-electron chi connectivity index (χ2n) is 4.35. The number of carbonyl (C=O) groups excluding carboxylic acids is 1. The predicted octanol–water partition coefficient (Wildman–Crippen LogP) is 2.84. The monoisotopic (exact) mass is 259 g/mol. The van der Waals surface area contributed by atoms with Crippen LogP contribution in [-0.2, 0) is 6.54 Å². The topological polar surface area (TPSA) is 51.5 Å². The van der Waals surface area contributed by atoms with E-state index in [2.05, 4.69) is 5.32 Å². The summed E-state index contributed by atoms with van der Waals surface area (Å²) in [6.07, 6.45) is 0. The number of ether oxygens (including phenoxy) is 1. The van der Waals surface area contributed by atoms with Gasteiger partial charge in [0, 0.05) is 0 Å². The lowest BCUT2D eigenvalue weighted by Gasteiger charge is -2.11. The fourth-order valence-electron chi connectivity index (χ4n) is 1.94. The number of furan rings is 1. The maximum atomic E-state index is 12.2. The summed E-state index contributed by atoms with van der Waals surface area (Å²) in [7, 11) is 1.56. The molecule has 100 valence electrons. The highest BCUT2D eigenvalue weighted by Crippen LogP contribution is 2.21. The average Bonchev–Trinajstić information content (AvgIpc) is 2.81. The third-order valence-electron chi connectivity index (χ3n) is 2.90. The Balaban J connectivity index is 2.12. The third kappa shape index (κ3) is 2.96. The van der Waals surface area contributed by atoms with Crippen LogP contribution in [-0.4, -0.2) is 13.0 Å². The number of benzene rings is 1. The summed E-state index contributed by atoms with van der Waals surface area (Å²) in [6.45, 7) is 4.12. The molecule has 0 saturated carbocycles. The lowest BCUT2D eigenvalue weighted by molar-refractivity contribution is 0.0944. The first-order valence-electron chi connectivity index (χ1n) is 6.09. The minimum absolute atomic E-state index is 0.163. The second-order valence-corrected chi connectivity index (χ2v) is 4.35. The van der Waals surface area contributed by atoms with Crippen LogP contribution in [0.15, 0.2) is 34.7 Å². The van der Waals surface area contributed by atoms with Crippen molar-refractivity contribution in [3.05, 3.63) is 53.0 Å². The van der Waals surface area contributed by atoms with E-state index in [1.165, 1.54) is 0 Å². The highest BCUT2D eigenvalue weighted by atomic mass is 16.5. The van der Waals surface area contributed by atoms with E-state index in [1.54, 1.807) is 13.2 Å². The van der Waals surface area contributed by atoms with Crippen molar-refractivity contribution < 1.29 is 13.9 Å². The molecule has 2 aromatic rings. The van der Waals surface area contributed by atoms with Gasteiger partial charge in [-0.05, 0) is 37.6 Å². The van der Waals surface area contributed by atoms with E-state index in [0.717, 1.165) is 17.1 Å². The van der Waals surface area contributed by atoms with Crippen LogP contribution in [0.1, 0.15) is 27.4 Å². The van der Waals surface area contributed by atoms with Gasteiger partial charge in [0.15, 0.2) is 0 Å². The van der Waals surface area contributed by atoms with Gasteiger partial charge >= 0.3 is 0 Å². The van der Waals surface area contributed by atoms with E-state index in [4.69, 9.17) is 9.15 Å². The van der Waals surface area contributed by atoms with Crippen LogP contribution in [0.5, 0.6) is 5.75 Å². The van der Waals surface area contributed by atoms with Crippen LogP contribution in [0.3, 0.4) is 0 Å². The molecule has 2 rings (SSSR count). The van der Waals surface area contributed by atoms with Gasteiger partial charge in [0.1, 0.15) is 17.3 Å². The molecule has 4 nitrogen and oxygen atoms in total. The molecular weight excluding hydrogens is 242 g/mol. The molecule has 0 aliphatic carbocycles. The molecule has 19 heavy (non-hydrogen) atoms. The molecule has 1 heterocycles. The number of hydrogen-bond acceptors (Lipinski definition) is 3. The molecule has 0 atom stereocenters. The van der Waals surface area contributed by atoms with Crippen LogP contribution in [0.4, 0.5) is 0 Å². The first kappa shape index (κ1) is 13.2. The van der Waals surface area contributed by atoms with Gasteiger partial charge in [-0.2, -0.15) is 0 Å². The quantitative estimate of drug-likeness (QED) is 0.918. The Hall–Kier alpha value is -2.23. The van der Waals surface area contributed by atoms with Crippen LogP contribution < -0.4 is 10.1 Å². The molecule has 0 saturated heterocycles. The van der Waals surface area contributed by atoms with Gasteiger partial charge in [-0.15, -0.1) is 0 Å². The van der Waals surface area contributed by atoms with Gasteiger partial charge in [-0.3, -0.25) is 4.79 Å². The van der Waals surface area contributed by atoms with Crippen LogP contribution in [0.25, 0.3) is 0 Å². The van der Waals surface area contributed by atoms with Crippen LogP contribution >= 0.6 is 0 Å². The van der Waals surface area contributed by atoms with Crippen molar-refractivity contribution in [2.24, 2.45) is 0 Å². The van der Waals surface area contributed by atoms with Gasteiger partial charge < -0.3 is 14.5 Å². The number of methoxy groups -OCH3 is 1. The summed E-state index contributed by atoms with van der Waals surface area (Å²) in [5.41, 5.74) is 1.45. The molecule has 0 fully saturated rings. The lowest BCUT2D eigenvalue weighted by Crippen LogP contribution is -2.24. The molecule has 0 aliphatic heterocycles. The fraction of sp³-hybridized carbons (Fsp3) is 0.267. The molecular formula is C15H17NO3. The van der Waals surface area contributed by atoms with Gasteiger partial charge in [-0.1, -0.05) is 12.1 Å². The van der Waals surface area contributed by atoms with E-state index >= 15 is 0 Å². The van der Waals surface area contributed by atoms with Gasteiger partial charge in [-0.25, -0.2) is 0 Å². The zero-order valence-electron chi connectivity index (χ0n) is 11.3. The number of amides is 1. The summed E-state index contributed by atoms with van der Waals surface area (Å²) in [4.78, 5) is 12.2. The predicted molar refractivity (Wildman–Crippen MR) is 72.3 cm³/mol. The van der Waals surface area contributed by atoms with Gasteiger partial charge in [0.05, 0.1) is 19.2 Å². The number of hydrogen-bond donors (Lipinski definition) is 1. The minimum atomic E-state index is -0.163. The maximum Gasteiger partial charge on any atom is 0.255 e. The third-order valence-corrected chi connectivity index (χ3v) is 2.90. The Bertz CT molecular complexity index is 587. The average molecular weight is 259 g/mol. The maximum absolute atomic E-state index is 12.2. The smallest absolute Gasteiger partial charge is 0.255 e. The molecule has 1 aromatic heterocycles. The summed E-state index contributed by atoms with van der Waals surface area (Å²) < 4.78 is 10.6. The molecule has 0 aliphatic rings. The van der Waals surface area contributed by atoms with E-state index in [1.807, 2.05) is 38.1 Å². The highest BCUT2D eigenvalue weighted by Gasteiger charge is 2.14. The molecule has 0 spiro atoms. The number of rotatable bonds is 4. The number of aryl methyl sites for hydroxylation is 2. The first-order valence-corrected chi connectivity index (χ1v) is 6.09. The fourth-order valence-corrected chi connectivity index (χ4v) is 1.94. The minimum Gasteiger partial charge on any atom is -0.496 e. The van der Waals surface area contributed by atoms with E-state index in [0.29, 0.717) is 17.9 Å². The van der Waals surface area contributed by atoms with E-state index in [9.17, 15) is 4.79 Å². The number of nitrogens with one attached hydrogen (secondary N) is 1.